The third-order valence-corrected chi connectivity index (χ3v) is 4.40. The molecule has 0 spiro atoms. The maximum Gasteiger partial charge on any atom is 0.165 e. The molecular weight excluding hydrogens is 286 g/mol. The molecular formula is C20H15NO2. The number of furan rings is 2. The predicted molar refractivity (Wildman–Crippen MR) is 92.9 cm³/mol. The van der Waals surface area contributed by atoms with Gasteiger partial charge in [-0.2, -0.15) is 0 Å². The van der Waals surface area contributed by atoms with Crippen molar-refractivity contribution in [1.82, 2.24) is 4.98 Å². The van der Waals surface area contributed by atoms with Crippen molar-refractivity contribution in [1.29, 1.82) is 0 Å². The van der Waals surface area contributed by atoms with Crippen LogP contribution in [0.25, 0.3) is 44.0 Å². The first-order chi connectivity index (χ1) is 11.2. The lowest BCUT2D eigenvalue weighted by Gasteiger charge is -2.05. The van der Waals surface area contributed by atoms with Crippen molar-refractivity contribution in [3.63, 3.8) is 0 Å². The van der Waals surface area contributed by atoms with Crippen LogP contribution >= 0.6 is 0 Å². The summed E-state index contributed by atoms with van der Waals surface area (Å²) in [5.74, 6) is 0.274. The summed E-state index contributed by atoms with van der Waals surface area (Å²) in [5.41, 5.74) is 5.29. The molecule has 5 rings (SSSR count). The average Bonchev–Trinajstić information content (AvgIpc) is 3.11. The number of hydrogen-bond donors (Lipinski definition) is 0. The van der Waals surface area contributed by atoms with Gasteiger partial charge in [0.2, 0.25) is 0 Å². The van der Waals surface area contributed by atoms with Crippen LogP contribution in [0.15, 0.2) is 57.4 Å². The molecule has 3 nitrogen and oxygen atoms in total. The first kappa shape index (κ1) is 12.7. The molecule has 23 heavy (non-hydrogen) atoms. The van der Waals surface area contributed by atoms with Crippen molar-refractivity contribution in [3.05, 3.63) is 54.2 Å². The number of fused-ring (bicyclic) bond motifs is 7. The number of hydrogen-bond acceptors (Lipinski definition) is 3. The van der Waals surface area contributed by atoms with Gasteiger partial charge in [-0.15, -0.1) is 0 Å². The number of benzene rings is 2. The number of para-hydroxylation sites is 2. The molecule has 0 saturated carbocycles. The van der Waals surface area contributed by atoms with Crippen molar-refractivity contribution >= 4 is 44.0 Å². The normalized spacial score (nSPS) is 12.3. The van der Waals surface area contributed by atoms with Crippen LogP contribution in [0, 0.1) is 0 Å². The SMILES string of the molecule is CC(C)c1nc2c3ccccc3oc2c2c1oc1ccccc12. The number of aromatic nitrogens is 1. The van der Waals surface area contributed by atoms with E-state index in [1.807, 2.05) is 36.4 Å². The highest BCUT2D eigenvalue weighted by atomic mass is 16.3. The van der Waals surface area contributed by atoms with Crippen LogP contribution in [0.5, 0.6) is 0 Å². The Morgan fingerprint density at radius 3 is 2.13 bits per heavy atom. The minimum Gasteiger partial charge on any atom is -0.454 e. The zero-order valence-corrected chi connectivity index (χ0v) is 13.0. The summed E-state index contributed by atoms with van der Waals surface area (Å²) in [5, 5.41) is 3.16. The molecule has 0 bridgehead atoms. The molecule has 2 aromatic carbocycles. The highest BCUT2D eigenvalue weighted by Gasteiger charge is 2.21. The van der Waals surface area contributed by atoms with Gasteiger partial charge >= 0.3 is 0 Å². The van der Waals surface area contributed by atoms with Crippen LogP contribution in [0.2, 0.25) is 0 Å². The van der Waals surface area contributed by atoms with Crippen molar-refractivity contribution in [3.8, 4) is 0 Å². The first-order valence-electron chi connectivity index (χ1n) is 7.86. The third kappa shape index (κ3) is 1.62. The van der Waals surface area contributed by atoms with E-state index in [1.54, 1.807) is 0 Å². The monoisotopic (exact) mass is 301 g/mol. The van der Waals surface area contributed by atoms with Crippen molar-refractivity contribution in [2.45, 2.75) is 19.8 Å². The van der Waals surface area contributed by atoms with E-state index in [9.17, 15) is 0 Å². The van der Waals surface area contributed by atoms with E-state index < -0.39 is 0 Å². The fourth-order valence-electron chi connectivity index (χ4n) is 3.33. The summed E-state index contributed by atoms with van der Waals surface area (Å²) in [6.07, 6.45) is 0. The van der Waals surface area contributed by atoms with Crippen LogP contribution in [0.3, 0.4) is 0 Å². The number of rotatable bonds is 1. The largest absolute Gasteiger partial charge is 0.454 e. The van der Waals surface area contributed by atoms with Crippen molar-refractivity contribution in [2.75, 3.05) is 0 Å². The summed E-state index contributed by atoms with van der Waals surface area (Å²) in [4.78, 5) is 4.90. The highest BCUT2D eigenvalue weighted by molar-refractivity contribution is 6.21. The fraction of sp³-hybridized carbons (Fsp3) is 0.150. The van der Waals surface area contributed by atoms with Gasteiger partial charge < -0.3 is 8.83 Å². The Morgan fingerprint density at radius 1 is 0.783 bits per heavy atom. The van der Waals surface area contributed by atoms with E-state index in [2.05, 4.69) is 26.0 Å². The van der Waals surface area contributed by atoms with Gasteiger partial charge in [0.15, 0.2) is 11.2 Å². The van der Waals surface area contributed by atoms with Crippen LogP contribution in [0.1, 0.15) is 25.5 Å². The molecule has 0 radical (unpaired) electrons. The molecule has 0 atom stereocenters. The van der Waals surface area contributed by atoms with Gasteiger partial charge in [0, 0.05) is 10.8 Å². The Labute approximate surface area is 132 Å². The molecule has 0 aliphatic carbocycles. The molecule has 0 saturated heterocycles. The summed E-state index contributed by atoms with van der Waals surface area (Å²) in [6.45, 7) is 4.28. The van der Waals surface area contributed by atoms with E-state index >= 15 is 0 Å². The second-order valence-corrected chi connectivity index (χ2v) is 6.23. The Bertz CT molecular complexity index is 1190. The highest BCUT2D eigenvalue weighted by Crippen LogP contribution is 2.40. The van der Waals surface area contributed by atoms with E-state index in [4.69, 9.17) is 13.8 Å². The van der Waals surface area contributed by atoms with E-state index in [0.717, 1.165) is 49.7 Å². The summed E-state index contributed by atoms with van der Waals surface area (Å²) in [7, 11) is 0. The minimum absolute atomic E-state index is 0.274. The Balaban J connectivity index is 2.13. The van der Waals surface area contributed by atoms with Gasteiger partial charge in [0.05, 0.1) is 11.1 Å². The van der Waals surface area contributed by atoms with Gasteiger partial charge in [-0.05, 0) is 24.1 Å². The van der Waals surface area contributed by atoms with Crippen LogP contribution in [-0.4, -0.2) is 4.98 Å². The second kappa shape index (κ2) is 4.35. The Morgan fingerprint density at radius 2 is 1.39 bits per heavy atom. The molecule has 0 N–H and O–H groups in total. The average molecular weight is 301 g/mol. The third-order valence-electron chi connectivity index (χ3n) is 4.40. The lowest BCUT2D eigenvalue weighted by atomic mass is 10.0. The molecule has 112 valence electrons. The second-order valence-electron chi connectivity index (χ2n) is 6.23. The maximum absolute atomic E-state index is 6.14. The molecule has 0 fully saturated rings. The Kier molecular flexibility index (Phi) is 2.41. The summed E-state index contributed by atoms with van der Waals surface area (Å²) < 4.78 is 12.3. The smallest absolute Gasteiger partial charge is 0.165 e. The predicted octanol–water partition coefficient (Wildman–Crippen LogP) is 6.00. The van der Waals surface area contributed by atoms with Crippen LogP contribution in [-0.2, 0) is 0 Å². The molecule has 0 unspecified atom stereocenters. The van der Waals surface area contributed by atoms with E-state index in [0.29, 0.717) is 0 Å². The molecule has 0 aliphatic rings. The zero-order chi connectivity index (χ0) is 15.6. The summed E-state index contributed by atoms with van der Waals surface area (Å²) in [6, 6.07) is 16.1. The van der Waals surface area contributed by atoms with Gasteiger partial charge in [0.1, 0.15) is 16.7 Å². The molecule has 0 aliphatic heterocycles. The lowest BCUT2D eigenvalue weighted by Crippen LogP contribution is -1.93. The van der Waals surface area contributed by atoms with E-state index in [1.165, 1.54) is 0 Å². The quantitative estimate of drug-likeness (QED) is 0.381. The summed E-state index contributed by atoms with van der Waals surface area (Å²) >= 11 is 0. The van der Waals surface area contributed by atoms with Gasteiger partial charge in [-0.25, -0.2) is 4.98 Å². The minimum atomic E-state index is 0.274. The molecule has 3 heteroatoms. The molecule has 0 amide bonds. The maximum atomic E-state index is 6.14. The lowest BCUT2D eigenvalue weighted by molar-refractivity contribution is 0.647. The van der Waals surface area contributed by atoms with E-state index in [-0.39, 0.29) is 5.92 Å². The number of pyridine rings is 1. The molecule has 5 aromatic rings. The van der Waals surface area contributed by atoms with Crippen molar-refractivity contribution in [2.24, 2.45) is 0 Å². The van der Waals surface area contributed by atoms with Gasteiger partial charge in [0.25, 0.3) is 0 Å². The first-order valence-corrected chi connectivity index (χ1v) is 7.86. The van der Waals surface area contributed by atoms with Gasteiger partial charge in [-0.1, -0.05) is 44.2 Å². The van der Waals surface area contributed by atoms with Crippen molar-refractivity contribution < 1.29 is 8.83 Å². The van der Waals surface area contributed by atoms with Crippen LogP contribution < -0.4 is 0 Å². The van der Waals surface area contributed by atoms with Gasteiger partial charge in [-0.3, -0.25) is 0 Å². The number of nitrogens with zero attached hydrogens (tertiary/aromatic N) is 1. The standard InChI is InChI=1S/C20H15NO2/c1-11(2)17-19-16(12-7-3-5-9-14(12)22-19)20-18(21-17)13-8-4-6-10-15(13)23-20/h3-11H,1-2H3. The fourth-order valence-corrected chi connectivity index (χ4v) is 3.33. The van der Waals surface area contributed by atoms with Crippen LogP contribution in [0.4, 0.5) is 0 Å². The Hall–Kier alpha value is -2.81. The topological polar surface area (TPSA) is 39.2 Å². The zero-order valence-electron chi connectivity index (χ0n) is 13.0. The molecule has 3 heterocycles. The molecule has 3 aromatic heterocycles.